The quantitative estimate of drug-likeness (QED) is 0.0482. The molecule has 0 bridgehead atoms. The third-order valence-corrected chi connectivity index (χ3v) is 8.53. The molecule has 3 aromatic heterocycles. The van der Waals surface area contributed by atoms with Crippen LogP contribution in [0.25, 0.3) is 45.1 Å². The second kappa shape index (κ2) is 21.6. The molecule has 0 spiro atoms. The standard InChI is InChI=1S/C39H49N5.C3H7.ClH.F6P.Pt/c1-28(2)22-24-30(5)14-12-26-43-36-20-9-7-16-32(36)41-38(43)34-18-11-19-35(40-34)39-42-33-17-8-10-21-37(33)44(39)27-13-15-31(6)25-23-29(3)4;1-3-2;;1-7(2,3,4,5)6;/h7-11,16-23,30-31H,12-15,24-27H2,1-6H3;3H,1-2H3;1H;;/q;+1;;-1;+1/p-1/t30-,31-;;;;/m1..../s1. The van der Waals surface area contributed by atoms with E-state index in [2.05, 4.69) is 139 Å². The Hall–Kier alpha value is -3.13. The van der Waals surface area contributed by atoms with Gasteiger partial charge in [0, 0.05) is 13.1 Å². The predicted molar refractivity (Wildman–Crippen MR) is 222 cm³/mol. The molecule has 0 aliphatic rings. The van der Waals surface area contributed by atoms with Crippen molar-refractivity contribution in [2.24, 2.45) is 11.8 Å². The van der Waals surface area contributed by atoms with Crippen molar-refractivity contribution < 1.29 is 44.0 Å². The van der Waals surface area contributed by atoms with E-state index in [1.165, 1.54) is 35.0 Å². The van der Waals surface area contributed by atoms with E-state index in [9.17, 15) is 25.2 Å². The molecule has 0 saturated carbocycles. The molecule has 0 N–H and O–H groups in total. The van der Waals surface area contributed by atoms with Gasteiger partial charge in [-0.3, -0.25) is 0 Å². The van der Waals surface area contributed by atoms with Gasteiger partial charge in [0.25, 0.3) is 0 Å². The number of hydrogen-bond donors (Lipinski definition) is 0. The van der Waals surface area contributed by atoms with Gasteiger partial charge in [0.15, 0.2) is 11.6 Å². The van der Waals surface area contributed by atoms with Crippen LogP contribution in [0.15, 0.2) is 90.0 Å². The van der Waals surface area contributed by atoms with E-state index in [1.807, 2.05) is 20.3 Å². The first-order valence-corrected chi connectivity index (χ1v) is 23.6. The van der Waals surface area contributed by atoms with E-state index < -0.39 is 7.81 Å². The molecule has 5 aromatic rings. The van der Waals surface area contributed by atoms with E-state index in [1.54, 1.807) is 18.8 Å². The molecule has 0 unspecified atom stereocenters. The SMILES string of the molecule is CC(C)=CC[C@H](C)CCCn1c(-c2cccc(-c3nc4ccccc4n3CCC[C@@H](C)CC=C(C)C)n2)nc2ccccc21.C[CH+]C.F[P-](F)(F)(F)(F)F.[Cl][Pt]. The number of pyridine rings is 1. The van der Waals surface area contributed by atoms with Crippen molar-refractivity contribution in [2.45, 2.75) is 107 Å². The van der Waals surface area contributed by atoms with Gasteiger partial charge in [-0.1, -0.05) is 67.5 Å². The van der Waals surface area contributed by atoms with Crippen LogP contribution in [0, 0.1) is 18.3 Å². The molecule has 2 aromatic carbocycles. The average molecular weight is 1010 g/mol. The topological polar surface area (TPSA) is 48.5 Å². The second-order valence-corrected chi connectivity index (χ2v) is 16.5. The zero-order valence-electron chi connectivity index (χ0n) is 33.5. The molecule has 14 heteroatoms. The van der Waals surface area contributed by atoms with Crippen LogP contribution in [-0.2, 0) is 31.9 Å². The molecule has 0 radical (unpaired) electrons. The molecule has 56 heavy (non-hydrogen) atoms. The zero-order chi connectivity index (χ0) is 42.2. The number of rotatable bonds is 14. The first-order valence-electron chi connectivity index (χ1n) is 18.7. The third-order valence-electron chi connectivity index (χ3n) is 8.53. The van der Waals surface area contributed by atoms with Gasteiger partial charge in [0.05, 0.1) is 42.3 Å². The first-order chi connectivity index (χ1) is 26.2. The molecule has 3 heterocycles. The number of fused-ring (bicyclic) bond motifs is 2. The van der Waals surface area contributed by atoms with Gasteiger partial charge < -0.3 is 9.13 Å². The maximum atomic E-state index is 9.87. The van der Waals surface area contributed by atoms with Gasteiger partial charge in [-0.05, 0) is 114 Å². The molecule has 313 valence electrons. The number of aromatic nitrogens is 5. The van der Waals surface area contributed by atoms with Crippen LogP contribution in [0.5, 0.6) is 0 Å². The summed E-state index contributed by atoms with van der Waals surface area (Å²) in [6.45, 7) is 19.3. The summed E-state index contributed by atoms with van der Waals surface area (Å²) >= 11 is 1.61. The molecule has 2 atom stereocenters. The fraction of sp³-hybridized carbons (Fsp3) is 0.429. The zero-order valence-corrected chi connectivity index (χ0v) is 37.5. The van der Waals surface area contributed by atoms with Crippen LogP contribution in [0.2, 0.25) is 0 Å². The van der Waals surface area contributed by atoms with Crippen LogP contribution in [0.3, 0.4) is 0 Å². The number of para-hydroxylation sites is 4. The fourth-order valence-electron chi connectivity index (χ4n) is 5.98. The Bertz CT molecular complexity index is 1880. The Labute approximate surface area is 344 Å². The second-order valence-electron chi connectivity index (χ2n) is 14.6. The monoisotopic (exact) mass is 1010 g/mol. The summed E-state index contributed by atoms with van der Waals surface area (Å²) in [4.78, 5) is 15.4. The molecule has 0 saturated heterocycles. The van der Waals surface area contributed by atoms with Crippen LogP contribution < -0.4 is 0 Å². The van der Waals surface area contributed by atoms with Crippen molar-refractivity contribution >= 4 is 39.3 Å². The van der Waals surface area contributed by atoms with E-state index >= 15 is 0 Å². The Morgan fingerprint density at radius 3 is 1.32 bits per heavy atom. The summed E-state index contributed by atoms with van der Waals surface area (Å²) in [5.41, 5.74) is 8.95. The minimum atomic E-state index is -10.7. The van der Waals surface area contributed by atoms with Gasteiger partial charge >= 0.3 is 61.2 Å². The number of hydrogen-bond acceptors (Lipinski definition) is 3. The molecule has 5 nitrogen and oxygen atoms in total. The van der Waals surface area contributed by atoms with Crippen LogP contribution in [-0.4, -0.2) is 24.1 Å². The fourth-order valence-corrected chi connectivity index (χ4v) is 5.98. The number of allylic oxidation sites excluding steroid dienone is 4. The number of benzene rings is 2. The summed E-state index contributed by atoms with van der Waals surface area (Å²) in [7, 11) is -6.05. The third kappa shape index (κ3) is 18.4. The van der Waals surface area contributed by atoms with E-state index in [-0.39, 0.29) is 0 Å². The Kier molecular flexibility index (Phi) is 18.9. The minimum absolute atomic E-state index is 0.660. The molecular formula is C42H56ClF6N5PPt. The van der Waals surface area contributed by atoms with Crippen molar-refractivity contribution in [2.75, 3.05) is 0 Å². The summed E-state index contributed by atoms with van der Waals surface area (Å²) in [6, 6.07) is 23.2. The molecule has 0 fully saturated rings. The van der Waals surface area contributed by atoms with Crippen LogP contribution in [0.4, 0.5) is 25.2 Å². The van der Waals surface area contributed by atoms with E-state index in [4.69, 9.17) is 15.0 Å². The Morgan fingerprint density at radius 1 is 0.643 bits per heavy atom. The van der Waals surface area contributed by atoms with Crippen molar-refractivity contribution in [3.05, 3.63) is 96.4 Å². The normalized spacial score (nSPS) is 13.4. The maximum absolute atomic E-state index is 10.7. The van der Waals surface area contributed by atoms with E-state index in [0.29, 0.717) is 11.8 Å². The Balaban J connectivity index is 0.000000794. The number of halogens is 7. The van der Waals surface area contributed by atoms with Crippen molar-refractivity contribution in [1.82, 2.24) is 24.1 Å². The van der Waals surface area contributed by atoms with Crippen LogP contribution >= 0.6 is 17.2 Å². The molecule has 0 aliphatic carbocycles. The summed E-state index contributed by atoms with van der Waals surface area (Å²) < 4.78 is 63.9. The van der Waals surface area contributed by atoms with Gasteiger partial charge in [-0.2, -0.15) is 0 Å². The number of aryl methyl sites for hydroxylation is 2. The van der Waals surface area contributed by atoms with Gasteiger partial charge in [-0.25, -0.2) is 15.0 Å². The molecule has 5 rings (SSSR count). The van der Waals surface area contributed by atoms with E-state index in [0.717, 1.165) is 72.8 Å². The molecular weight excluding hydrogens is 950 g/mol. The molecule has 0 aliphatic heterocycles. The van der Waals surface area contributed by atoms with Crippen LogP contribution in [0.1, 0.15) is 93.9 Å². The molecule has 0 amide bonds. The van der Waals surface area contributed by atoms with Crippen molar-refractivity contribution in [1.29, 1.82) is 0 Å². The predicted octanol–water partition coefficient (Wildman–Crippen LogP) is 16.0. The Morgan fingerprint density at radius 2 is 0.982 bits per heavy atom. The number of nitrogens with zero attached hydrogens (tertiary/aromatic N) is 5. The summed E-state index contributed by atoms with van der Waals surface area (Å²) in [5, 5.41) is 0. The summed E-state index contributed by atoms with van der Waals surface area (Å²) in [5.74, 6) is 3.18. The van der Waals surface area contributed by atoms with Gasteiger partial charge in [0.2, 0.25) is 0 Å². The average Bonchev–Trinajstić information content (AvgIpc) is 3.68. The van der Waals surface area contributed by atoms with Gasteiger partial charge in [-0.15, -0.1) is 0 Å². The number of imidazole rings is 2. The summed E-state index contributed by atoms with van der Waals surface area (Å²) in [6.07, 6.45) is 13.6. The van der Waals surface area contributed by atoms with Gasteiger partial charge in [0.1, 0.15) is 11.4 Å². The van der Waals surface area contributed by atoms with Crippen molar-refractivity contribution in [3.63, 3.8) is 0 Å². The first kappa shape index (κ1) is 49.0. The van der Waals surface area contributed by atoms with Crippen molar-refractivity contribution in [3.8, 4) is 23.0 Å².